The van der Waals surface area contributed by atoms with Gasteiger partial charge in [0.25, 0.3) is 0 Å². The number of carbonyl (C=O) groups excluding carboxylic acids is 2. The van der Waals surface area contributed by atoms with Crippen LogP contribution in [0.2, 0.25) is 0 Å². The van der Waals surface area contributed by atoms with E-state index in [1.807, 2.05) is 32.0 Å². The number of nitrogens with two attached hydrogens (primary N) is 1. The van der Waals surface area contributed by atoms with Gasteiger partial charge >= 0.3 is 0 Å². The third-order valence-electron chi connectivity index (χ3n) is 7.30. The van der Waals surface area contributed by atoms with Gasteiger partial charge in [-0.2, -0.15) is 0 Å². The molecule has 0 aromatic heterocycles. The predicted molar refractivity (Wildman–Crippen MR) is 162 cm³/mol. The van der Waals surface area contributed by atoms with Crippen LogP contribution in [-0.2, 0) is 20.7 Å². The van der Waals surface area contributed by atoms with Crippen molar-refractivity contribution in [1.82, 2.24) is 10.2 Å². The first-order valence-corrected chi connectivity index (χ1v) is 14.1. The minimum absolute atomic E-state index is 0. The fourth-order valence-corrected chi connectivity index (χ4v) is 4.63. The minimum Gasteiger partial charge on any atom is -0.493 e. The van der Waals surface area contributed by atoms with Crippen LogP contribution in [0.3, 0.4) is 0 Å². The number of aliphatic hydroxyl groups is 1. The van der Waals surface area contributed by atoms with Crippen LogP contribution >= 0.6 is 12.4 Å². The average molecular weight is 588 g/mol. The number of methoxy groups -OCH3 is 2. The van der Waals surface area contributed by atoms with Gasteiger partial charge < -0.3 is 35.3 Å². The molecule has 0 saturated heterocycles. The van der Waals surface area contributed by atoms with E-state index in [0.717, 1.165) is 18.4 Å². The molecule has 1 rings (SSSR count). The Balaban J connectivity index is 0.0000152. The van der Waals surface area contributed by atoms with E-state index in [1.54, 1.807) is 35.2 Å². The highest BCUT2D eigenvalue weighted by Gasteiger charge is 2.31. The molecule has 4 N–H and O–H groups in total. The zero-order valence-electron chi connectivity index (χ0n) is 25.9. The standard InChI is InChI=1S/C30H53N3O6.ClH/c1-19(2)23(15-22-11-12-27(38-9)28(16-22)39-14-10-13-37-8)17-25(31)26(34)18-24(20(3)4)29(35)32-21(5)30(36)33(6)7;/h11-12,16,19-21,23-26,34H,10,13-15,17-18,31H2,1-9H3,(H,32,35);1H/t21-,23-,24-,25-,26-;/m0./s1. The summed E-state index contributed by atoms with van der Waals surface area (Å²) in [5.74, 6) is 1.04. The Labute approximate surface area is 247 Å². The molecule has 0 aliphatic carbocycles. The lowest BCUT2D eigenvalue weighted by atomic mass is 9.80. The van der Waals surface area contributed by atoms with Crippen LogP contribution in [0.15, 0.2) is 18.2 Å². The molecule has 5 atom stereocenters. The lowest BCUT2D eigenvalue weighted by molar-refractivity contribution is -0.136. The van der Waals surface area contributed by atoms with Gasteiger partial charge in [0.15, 0.2) is 11.5 Å². The van der Waals surface area contributed by atoms with E-state index >= 15 is 0 Å². The number of rotatable bonds is 18. The minimum atomic E-state index is -0.847. The lowest BCUT2D eigenvalue weighted by Crippen LogP contribution is -2.48. The Morgan fingerprint density at radius 1 is 1.00 bits per heavy atom. The van der Waals surface area contributed by atoms with E-state index in [0.29, 0.717) is 37.1 Å². The quantitative estimate of drug-likeness (QED) is 0.224. The smallest absolute Gasteiger partial charge is 0.244 e. The number of hydrogen-bond donors (Lipinski definition) is 3. The summed E-state index contributed by atoms with van der Waals surface area (Å²) in [5.41, 5.74) is 7.63. The van der Waals surface area contributed by atoms with Crippen LogP contribution in [0.4, 0.5) is 0 Å². The second-order valence-electron chi connectivity index (χ2n) is 11.4. The summed E-state index contributed by atoms with van der Waals surface area (Å²) < 4.78 is 16.5. The van der Waals surface area contributed by atoms with Crippen molar-refractivity contribution in [3.05, 3.63) is 23.8 Å². The fourth-order valence-electron chi connectivity index (χ4n) is 4.63. The van der Waals surface area contributed by atoms with Gasteiger partial charge in [-0.15, -0.1) is 12.4 Å². The van der Waals surface area contributed by atoms with Crippen molar-refractivity contribution in [1.29, 1.82) is 0 Å². The molecular formula is C30H54ClN3O6. The second-order valence-corrected chi connectivity index (χ2v) is 11.4. The molecule has 0 unspecified atom stereocenters. The van der Waals surface area contributed by atoms with Crippen molar-refractivity contribution in [3.8, 4) is 11.5 Å². The van der Waals surface area contributed by atoms with Crippen molar-refractivity contribution in [2.45, 2.75) is 78.5 Å². The Morgan fingerprint density at radius 2 is 1.65 bits per heavy atom. The van der Waals surface area contributed by atoms with E-state index < -0.39 is 24.1 Å². The SMILES string of the molecule is COCCCOc1cc(C[C@@H](C[C@H](N)[C@@H](O)C[C@H](C(=O)N[C@@H](C)C(=O)N(C)C)C(C)C)C(C)C)ccc1OC.Cl. The van der Waals surface area contributed by atoms with Crippen LogP contribution in [0.5, 0.6) is 11.5 Å². The Morgan fingerprint density at radius 3 is 2.17 bits per heavy atom. The maximum absolute atomic E-state index is 13.0. The van der Waals surface area contributed by atoms with Crippen molar-refractivity contribution < 1.29 is 28.9 Å². The summed E-state index contributed by atoms with van der Waals surface area (Å²) in [6.45, 7) is 11.0. The molecule has 0 aliphatic rings. The number of aliphatic hydroxyl groups excluding tert-OH is 1. The fraction of sp³-hybridized carbons (Fsp3) is 0.733. The summed E-state index contributed by atoms with van der Waals surface area (Å²) >= 11 is 0. The number of carbonyl (C=O) groups is 2. The lowest BCUT2D eigenvalue weighted by Gasteiger charge is -2.30. The Hall–Kier alpha value is -2.07. The van der Waals surface area contributed by atoms with Gasteiger partial charge in [-0.1, -0.05) is 33.8 Å². The second kappa shape index (κ2) is 19.1. The summed E-state index contributed by atoms with van der Waals surface area (Å²) in [6.07, 6.45) is 1.55. The van der Waals surface area contributed by atoms with Crippen LogP contribution in [0.1, 0.15) is 59.4 Å². The van der Waals surface area contributed by atoms with Crippen molar-refractivity contribution >= 4 is 24.2 Å². The van der Waals surface area contributed by atoms with Crippen LogP contribution in [0, 0.1) is 23.7 Å². The summed E-state index contributed by atoms with van der Waals surface area (Å²) in [7, 11) is 6.60. The van der Waals surface area contributed by atoms with Gasteiger partial charge in [0, 0.05) is 46.2 Å². The van der Waals surface area contributed by atoms with Crippen LogP contribution in [-0.4, -0.2) is 81.5 Å². The first kappa shape index (κ1) is 37.9. The molecule has 0 heterocycles. The summed E-state index contributed by atoms with van der Waals surface area (Å²) in [6, 6.07) is 4.84. The molecule has 0 spiro atoms. The van der Waals surface area contributed by atoms with E-state index in [4.69, 9.17) is 19.9 Å². The van der Waals surface area contributed by atoms with E-state index in [9.17, 15) is 14.7 Å². The molecule has 0 saturated carbocycles. The highest BCUT2D eigenvalue weighted by atomic mass is 35.5. The molecule has 10 heteroatoms. The van der Waals surface area contributed by atoms with E-state index in [1.165, 1.54) is 4.90 Å². The Kier molecular flexibility index (Phi) is 18.1. The van der Waals surface area contributed by atoms with Crippen molar-refractivity contribution in [2.24, 2.45) is 29.4 Å². The van der Waals surface area contributed by atoms with Crippen LogP contribution in [0.25, 0.3) is 0 Å². The maximum Gasteiger partial charge on any atom is 0.244 e. The molecule has 2 amide bonds. The molecule has 0 radical (unpaired) electrons. The van der Waals surface area contributed by atoms with Gasteiger partial charge in [0.2, 0.25) is 11.8 Å². The monoisotopic (exact) mass is 587 g/mol. The summed E-state index contributed by atoms with van der Waals surface area (Å²) in [4.78, 5) is 26.6. The molecule has 0 aliphatic heterocycles. The molecule has 1 aromatic carbocycles. The van der Waals surface area contributed by atoms with Crippen LogP contribution < -0.4 is 20.5 Å². The average Bonchev–Trinajstić information content (AvgIpc) is 2.88. The molecule has 0 bridgehead atoms. The number of benzene rings is 1. The van der Waals surface area contributed by atoms with Gasteiger partial charge in [-0.25, -0.2) is 0 Å². The number of halogens is 1. The highest BCUT2D eigenvalue weighted by Crippen LogP contribution is 2.31. The topological polar surface area (TPSA) is 123 Å². The molecule has 9 nitrogen and oxygen atoms in total. The van der Waals surface area contributed by atoms with Gasteiger partial charge in [0.05, 0.1) is 19.8 Å². The molecule has 232 valence electrons. The zero-order valence-corrected chi connectivity index (χ0v) is 26.8. The number of hydrogen-bond acceptors (Lipinski definition) is 7. The largest absolute Gasteiger partial charge is 0.493 e. The zero-order chi connectivity index (χ0) is 29.7. The molecule has 40 heavy (non-hydrogen) atoms. The Bertz CT molecular complexity index is 883. The van der Waals surface area contributed by atoms with Gasteiger partial charge in [-0.05, 0) is 61.6 Å². The van der Waals surface area contributed by atoms with Crippen molar-refractivity contribution in [2.75, 3.05) is 41.5 Å². The number of amides is 2. The van der Waals surface area contributed by atoms with Gasteiger partial charge in [-0.3, -0.25) is 9.59 Å². The number of nitrogens with one attached hydrogen (secondary N) is 1. The number of likely N-dealkylation sites (N-methyl/N-ethyl adjacent to an activating group) is 1. The first-order valence-electron chi connectivity index (χ1n) is 14.1. The number of nitrogens with zero attached hydrogens (tertiary/aromatic N) is 1. The third-order valence-corrected chi connectivity index (χ3v) is 7.30. The van der Waals surface area contributed by atoms with E-state index in [2.05, 4.69) is 19.2 Å². The normalized spacial score (nSPS) is 15.0. The molecule has 1 aromatic rings. The van der Waals surface area contributed by atoms with Crippen molar-refractivity contribution in [3.63, 3.8) is 0 Å². The highest BCUT2D eigenvalue weighted by molar-refractivity contribution is 5.88. The predicted octanol–water partition coefficient (Wildman–Crippen LogP) is 3.68. The van der Waals surface area contributed by atoms with E-state index in [-0.39, 0.29) is 42.5 Å². The maximum atomic E-state index is 13.0. The molecular weight excluding hydrogens is 534 g/mol. The number of ether oxygens (including phenoxy) is 3. The molecule has 0 fully saturated rings. The first-order chi connectivity index (χ1) is 18.3. The summed E-state index contributed by atoms with van der Waals surface area (Å²) in [5, 5.41) is 13.8. The van der Waals surface area contributed by atoms with Gasteiger partial charge in [0.1, 0.15) is 6.04 Å². The third kappa shape index (κ3) is 12.6.